The van der Waals surface area contributed by atoms with Crippen LogP contribution in [0.1, 0.15) is 51.4 Å². The smallest absolute Gasteiger partial charge is 0.390 e. The molecule has 0 spiro atoms. The lowest BCUT2D eigenvalue weighted by atomic mass is 9.46. The third kappa shape index (κ3) is 3.62. The topological polar surface area (TPSA) is 168 Å². The fourth-order valence-corrected chi connectivity index (χ4v) is 6.96. The molecule has 1 saturated heterocycles. The average molecular weight is 413 g/mol. The molecule has 6 fully saturated rings. The van der Waals surface area contributed by atoms with Crippen molar-refractivity contribution in [2.24, 2.45) is 28.9 Å². The van der Waals surface area contributed by atoms with Gasteiger partial charge in [-0.2, -0.15) is 5.26 Å². The molecule has 1 aliphatic heterocycles. The van der Waals surface area contributed by atoms with Crippen LogP contribution in [0.25, 0.3) is 0 Å². The number of fused-ring (bicyclic) bond motifs is 1. The SMILES string of the molecule is N#C[C@@H]1C[C@@H]2C[C@@H]2N1C(=O)[C@@H](N)C12C[C@@H]3C[C@@H](CC(O)(C3)C1)C2.O=P(O)(O)O. The highest BCUT2D eigenvalue weighted by atomic mass is 31.2. The molecule has 0 aromatic rings. The fourth-order valence-electron chi connectivity index (χ4n) is 6.96. The number of hydrogen-bond donors (Lipinski definition) is 5. The number of carbonyl (C=O) groups is 1. The molecule has 2 unspecified atom stereocenters. The Labute approximate surface area is 163 Å². The number of rotatable bonds is 2. The second-order valence-corrected chi connectivity index (χ2v) is 10.8. The van der Waals surface area contributed by atoms with Gasteiger partial charge in [0.25, 0.3) is 0 Å². The summed E-state index contributed by atoms with van der Waals surface area (Å²) in [6.07, 6.45) is 7.48. The molecule has 9 nitrogen and oxygen atoms in total. The van der Waals surface area contributed by atoms with Crippen LogP contribution in [0.3, 0.4) is 0 Å². The van der Waals surface area contributed by atoms with Crippen molar-refractivity contribution >= 4 is 13.7 Å². The summed E-state index contributed by atoms with van der Waals surface area (Å²) in [4.78, 5) is 36.5. The summed E-state index contributed by atoms with van der Waals surface area (Å²) in [6.45, 7) is 0. The zero-order valence-corrected chi connectivity index (χ0v) is 16.5. The Hall–Kier alpha value is -1.01. The molecule has 156 valence electrons. The number of phosphoric acid groups is 1. The summed E-state index contributed by atoms with van der Waals surface area (Å²) in [5.41, 5.74) is 5.71. The summed E-state index contributed by atoms with van der Waals surface area (Å²) in [6, 6.07) is 1.72. The van der Waals surface area contributed by atoms with Crippen LogP contribution in [0.15, 0.2) is 0 Å². The Morgan fingerprint density at radius 2 is 1.71 bits per heavy atom. The monoisotopic (exact) mass is 413 g/mol. The highest BCUT2D eigenvalue weighted by Crippen LogP contribution is 2.63. The van der Waals surface area contributed by atoms with E-state index >= 15 is 0 Å². The molecule has 10 heteroatoms. The lowest BCUT2D eigenvalue weighted by molar-refractivity contribution is -0.177. The summed E-state index contributed by atoms with van der Waals surface area (Å²) < 4.78 is 8.88. The number of hydrogen-bond acceptors (Lipinski definition) is 5. The second kappa shape index (κ2) is 6.49. The number of nitriles is 1. The van der Waals surface area contributed by atoms with Gasteiger partial charge in [0, 0.05) is 6.04 Å². The number of amides is 1. The van der Waals surface area contributed by atoms with Gasteiger partial charge < -0.3 is 30.4 Å². The molecule has 5 saturated carbocycles. The summed E-state index contributed by atoms with van der Waals surface area (Å²) >= 11 is 0. The van der Waals surface area contributed by atoms with E-state index in [9.17, 15) is 15.2 Å². The van der Waals surface area contributed by atoms with Crippen LogP contribution in [0.2, 0.25) is 0 Å². The standard InChI is InChI=1S/C18H25N3O2.H3O4P/c19-8-13-2-12-3-14(12)21(13)16(22)15(20)17-4-10-1-11(5-17)7-18(23,6-10)9-17;1-5(2,3)4/h10-15,23H,1-7,9,20H2;(H3,1,2,3,4)/t10-,11+,12-,13+,14+,15-,17?,18?;/m1./s1. The lowest BCUT2D eigenvalue weighted by Gasteiger charge is -2.61. The summed E-state index contributed by atoms with van der Waals surface area (Å²) in [7, 11) is -4.64. The maximum absolute atomic E-state index is 13.1. The Balaban J connectivity index is 0.000000346. The first-order valence-corrected chi connectivity index (χ1v) is 11.5. The molecule has 0 aromatic heterocycles. The number of aliphatic hydroxyl groups is 1. The molecule has 6 rings (SSSR count). The van der Waals surface area contributed by atoms with Crippen molar-refractivity contribution < 1.29 is 29.1 Å². The van der Waals surface area contributed by atoms with Crippen molar-refractivity contribution in [2.45, 2.75) is 75.1 Å². The highest BCUT2D eigenvalue weighted by molar-refractivity contribution is 7.45. The normalized spacial score (nSPS) is 46.3. The molecule has 1 heterocycles. The number of piperidine rings is 1. The van der Waals surface area contributed by atoms with Crippen molar-refractivity contribution in [3.8, 4) is 6.07 Å². The van der Waals surface area contributed by atoms with Crippen molar-refractivity contribution in [3.05, 3.63) is 0 Å². The van der Waals surface area contributed by atoms with Crippen molar-refractivity contribution in [3.63, 3.8) is 0 Å². The van der Waals surface area contributed by atoms with Gasteiger partial charge in [0.1, 0.15) is 6.04 Å². The molecule has 8 atom stereocenters. The molecule has 1 amide bonds. The van der Waals surface area contributed by atoms with Gasteiger partial charge in [0.05, 0.1) is 17.7 Å². The Morgan fingerprint density at radius 3 is 2.21 bits per heavy atom. The van der Waals surface area contributed by atoms with Crippen LogP contribution >= 0.6 is 7.82 Å². The molecular weight excluding hydrogens is 385 g/mol. The maximum Gasteiger partial charge on any atom is 0.466 e. The molecule has 5 aliphatic carbocycles. The Bertz CT molecular complexity index is 741. The predicted octanol–water partition coefficient (Wildman–Crippen LogP) is 0.229. The van der Waals surface area contributed by atoms with Crippen molar-refractivity contribution in [1.29, 1.82) is 5.26 Å². The molecule has 28 heavy (non-hydrogen) atoms. The van der Waals surface area contributed by atoms with E-state index in [1.165, 1.54) is 6.42 Å². The quantitative estimate of drug-likeness (QED) is 0.401. The maximum atomic E-state index is 13.1. The minimum Gasteiger partial charge on any atom is -0.390 e. The van der Waals surface area contributed by atoms with Crippen LogP contribution in [-0.4, -0.2) is 54.3 Å². The number of likely N-dealkylation sites (tertiary alicyclic amines) is 1. The van der Waals surface area contributed by atoms with E-state index in [1.807, 2.05) is 0 Å². The zero-order valence-electron chi connectivity index (χ0n) is 15.6. The van der Waals surface area contributed by atoms with Crippen LogP contribution in [0.5, 0.6) is 0 Å². The van der Waals surface area contributed by atoms with E-state index in [1.54, 1.807) is 4.90 Å². The van der Waals surface area contributed by atoms with E-state index in [2.05, 4.69) is 6.07 Å². The minimum atomic E-state index is -4.64. The molecule has 6 N–H and O–H groups in total. The molecular formula is C18H28N3O6P. The third-order valence-corrected chi connectivity index (χ3v) is 7.51. The van der Waals surface area contributed by atoms with E-state index in [4.69, 9.17) is 25.0 Å². The van der Waals surface area contributed by atoms with E-state index in [-0.39, 0.29) is 23.4 Å². The van der Waals surface area contributed by atoms with Crippen LogP contribution < -0.4 is 5.73 Å². The largest absolute Gasteiger partial charge is 0.466 e. The van der Waals surface area contributed by atoms with E-state index in [0.29, 0.717) is 24.2 Å². The summed E-state index contributed by atoms with van der Waals surface area (Å²) in [5, 5.41) is 20.2. The number of nitrogens with two attached hydrogens (primary N) is 1. The third-order valence-electron chi connectivity index (χ3n) is 7.51. The Kier molecular flexibility index (Phi) is 4.70. The fraction of sp³-hybridized carbons (Fsp3) is 0.889. The van der Waals surface area contributed by atoms with Gasteiger partial charge in [-0.05, 0) is 74.5 Å². The molecule has 0 radical (unpaired) electrons. The van der Waals surface area contributed by atoms with Gasteiger partial charge in [-0.3, -0.25) is 4.79 Å². The van der Waals surface area contributed by atoms with E-state index < -0.39 is 19.5 Å². The van der Waals surface area contributed by atoms with Gasteiger partial charge in [0.15, 0.2) is 0 Å². The van der Waals surface area contributed by atoms with Gasteiger partial charge in [0.2, 0.25) is 5.91 Å². The van der Waals surface area contributed by atoms with Gasteiger partial charge in [-0.15, -0.1) is 0 Å². The van der Waals surface area contributed by atoms with Gasteiger partial charge in [-0.1, -0.05) is 0 Å². The van der Waals surface area contributed by atoms with Crippen molar-refractivity contribution in [1.82, 2.24) is 4.90 Å². The second-order valence-electron chi connectivity index (χ2n) is 9.73. The van der Waals surface area contributed by atoms with Crippen LogP contribution in [-0.2, 0) is 9.36 Å². The minimum absolute atomic E-state index is 0.0212. The molecule has 4 bridgehead atoms. The average Bonchev–Trinajstić information content (AvgIpc) is 3.20. The summed E-state index contributed by atoms with van der Waals surface area (Å²) in [5.74, 6) is 1.56. The predicted molar refractivity (Wildman–Crippen MR) is 97.1 cm³/mol. The van der Waals surface area contributed by atoms with E-state index in [0.717, 1.165) is 38.5 Å². The van der Waals surface area contributed by atoms with Crippen LogP contribution in [0.4, 0.5) is 0 Å². The van der Waals surface area contributed by atoms with Crippen molar-refractivity contribution in [2.75, 3.05) is 0 Å². The number of nitrogens with zero attached hydrogens (tertiary/aromatic N) is 2. The first-order valence-electron chi connectivity index (χ1n) is 9.91. The zero-order chi connectivity index (χ0) is 20.5. The highest BCUT2D eigenvalue weighted by Gasteiger charge is 2.62. The lowest BCUT2D eigenvalue weighted by Crippen LogP contribution is -2.64. The van der Waals surface area contributed by atoms with Gasteiger partial charge >= 0.3 is 7.82 Å². The van der Waals surface area contributed by atoms with Gasteiger partial charge in [-0.25, -0.2) is 4.57 Å². The number of carbonyl (C=O) groups excluding carboxylic acids is 1. The molecule has 6 aliphatic rings. The first-order chi connectivity index (χ1) is 12.9. The Morgan fingerprint density at radius 1 is 1.14 bits per heavy atom. The van der Waals surface area contributed by atoms with Crippen LogP contribution in [0, 0.1) is 34.5 Å². The first kappa shape index (κ1) is 20.3. The molecule has 0 aromatic carbocycles.